The highest BCUT2D eigenvalue weighted by Crippen LogP contribution is 2.32. The molecule has 1 N–H and O–H groups in total. The van der Waals surface area contributed by atoms with Gasteiger partial charge in [-0.05, 0) is 50.6 Å². The molecule has 2 aliphatic heterocycles. The summed E-state index contributed by atoms with van der Waals surface area (Å²) < 4.78 is 5.43. The van der Waals surface area contributed by atoms with Gasteiger partial charge in [0.2, 0.25) is 0 Å². The fraction of sp³-hybridized carbons (Fsp3) is 0.393. The van der Waals surface area contributed by atoms with Gasteiger partial charge in [-0.25, -0.2) is 9.59 Å². The Kier molecular flexibility index (Phi) is 8.19. The number of carbonyl (C=O) groups is 3. The number of carbonyl (C=O) groups excluding carboxylic acids is 3. The lowest BCUT2D eigenvalue weighted by atomic mass is 9.93. The number of hydrogen-bond donors (Lipinski definition) is 1. The quantitative estimate of drug-likeness (QED) is 0.577. The van der Waals surface area contributed by atoms with E-state index in [0.29, 0.717) is 48.0 Å². The minimum Gasteiger partial charge on any atom is -0.463 e. The van der Waals surface area contributed by atoms with Crippen molar-refractivity contribution in [2.24, 2.45) is 0 Å². The third kappa shape index (κ3) is 5.81. The molecule has 2 heterocycles. The number of hydrogen-bond acceptors (Lipinski definition) is 5. The molecule has 2 atom stereocenters. The maximum absolute atomic E-state index is 13.2. The zero-order valence-electron chi connectivity index (χ0n) is 21.7. The molecule has 8 nitrogen and oxygen atoms in total. The molecule has 2 aromatic rings. The van der Waals surface area contributed by atoms with Crippen LogP contribution in [0.2, 0.25) is 5.02 Å². The number of aryl methyl sites for hydroxylation is 1. The number of likely N-dealkylation sites (N-methyl/N-ethyl adjacent to an activating group) is 1. The zero-order valence-corrected chi connectivity index (χ0v) is 22.4. The highest BCUT2D eigenvalue weighted by atomic mass is 35.5. The summed E-state index contributed by atoms with van der Waals surface area (Å²) in [6.07, 6.45) is 0. The van der Waals surface area contributed by atoms with Gasteiger partial charge in [-0.15, -0.1) is 0 Å². The molecule has 4 rings (SSSR count). The van der Waals surface area contributed by atoms with Crippen LogP contribution >= 0.6 is 11.6 Å². The summed E-state index contributed by atoms with van der Waals surface area (Å²) in [5.41, 5.74) is 3.54. The predicted molar refractivity (Wildman–Crippen MR) is 142 cm³/mol. The lowest BCUT2D eigenvalue weighted by Crippen LogP contribution is -2.56. The van der Waals surface area contributed by atoms with Gasteiger partial charge >= 0.3 is 12.0 Å². The number of esters is 1. The monoisotopic (exact) mass is 524 g/mol. The summed E-state index contributed by atoms with van der Waals surface area (Å²) in [5.74, 6) is -0.483. The number of rotatable bonds is 6. The van der Waals surface area contributed by atoms with Gasteiger partial charge in [-0.2, -0.15) is 0 Å². The Hall–Kier alpha value is -3.36. The van der Waals surface area contributed by atoms with Gasteiger partial charge < -0.3 is 15.0 Å². The highest BCUT2D eigenvalue weighted by Gasteiger charge is 2.38. The van der Waals surface area contributed by atoms with Crippen molar-refractivity contribution in [2.45, 2.75) is 32.9 Å². The van der Waals surface area contributed by atoms with Gasteiger partial charge in [0.25, 0.3) is 5.91 Å². The zero-order chi connectivity index (χ0) is 26.7. The maximum Gasteiger partial charge on any atom is 0.338 e. The van der Waals surface area contributed by atoms with Crippen molar-refractivity contribution in [3.05, 3.63) is 81.5 Å². The summed E-state index contributed by atoms with van der Waals surface area (Å²) in [6, 6.07) is 13.7. The van der Waals surface area contributed by atoms with E-state index in [1.807, 2.05) is 43.0 Å². The molecule has 9 heteroatoms. The number of halogens is 1. The van der Waals surface area contributed by atoms with Gasteiger partial charge in [0, 0.05) is 55.6 Å². The Bertz CT molecular complexity index is 1200. The fourth-order valence-electron chi connectivity index (χ4n) is 4.86. The van der Waals surface area contributed by atoms with Gasteiger partial charge in [-0.1, -0.05) is 41.4 Å². The first-order valence-electron chi connectivity index (χ1n) is 12.5. The summed E-state index contributed by atoms with van der Waals surface area (Å²) in [5, 5.41) is 3.55. The summed E-state index contributed by atoms with van der Waals surface area (Å²) >= 11 is 5.97. The molecular weight excluding hydrogens is 492 g/mol. The minimum absolute atomic E-state index is 0.0381. The molecule has 0 spiro atoms. The van der Waals surface area contributed by atoms with Crippen LogP contribution in [0.3, 0.4) is 0 Å². The minimum atomic E-state index is -0.608. The third-order valence-electron chi connectivity index (χ3n) is 6.92. The Morgan fingerprint density at radius 2 is 1.76 bits per heavy atom. The fourth-order valence-corrected chi connectivity index (χ4v) is 4.98. The highest BCUT2D eigenvalue weighted by molar-refractivity contribution is 6.30. The van der Waals surface area contributed by atoms with E-state index in [1.54, 1.807) is 38.2 Å². The summed E-state index contributed by atoms with van der Waals surface area (Å²) in [4.78, 5) is 44.8. The van der Waals surface area contributed by atoms with Crippen LogP contribution in [-0.4, -0.2) is 78.5 Å². The third-order valence-corrected chi connectivity index (χ3v) is 7.17. The molecule has 0 aliphatic carbocycles. The van der Waals surface area contributed by atoms with Crippen molar-refractivity contribution < 1.29 is 19.1 Å². The van der Waals surface area contributed by atoms with Crippen LogP contribution in [0.25, 0.3) is 0 Å². The van der Waals surface area contributed by atoms with E-state index >= 15 is 0 Å². The Balaban J connectivity index is 1.59. The largest absolute Gasteiger partial charge is 0.463 e. The second-order valence-corrected chi connectivity index (χ2v) is 9.96. The topological polar surface area (TPSA) is 82.2 Å². The van der Waals surface area contributed by atoms with Crippen LogP contribution in [0, 0.1) is 6.92 Å². The van der Waals surface area contributed by atoms with E-state index in [9.17, 15) is 14.4 Å². The molecule has 0 aromatic heterocycles. The van der Waals surface area contributed by atoms with Crippen LogP contribution in [0.4, 0.5) is 4.79 Å². The molecule has 0 bridgehead atoms. The summed E-state index contributed by atoms with van der Waals surface area (Å²) in [7, 11) is 1.67. The normalized spacial score (nSPS) is 20.6. The molecule has 0 saturated carbocycles. The van der Waals surface area contributed by atoms with E-state index in [2.05, 4.69) is 10.2 Å². The van der Waals surface area contributed by atoms with Crippen molar-refractivity contribution in [3.8, 4) is 0 Å². The molecule has 2 aromatic carbocycles. The summed E-state index contributed by atoms with van der Waals surface area (Å²) in [6.45, 7) is 8.11. The number of amides is 3. The second kappa shape index (κ2) is 11.4. The molecule has 0 unspecified atom stereocenters. The maximum atomic E-state index is 13.2. The Morgan fingerprint density at radius 1 is 1.08 bits per heavy atom. The van der Waals surface area contributed by atoms with Gasteiger partial charge in [0.05, 0.1) is 18.2 Å². The molecule has 1 saturated heterocycles. The number of benzene rings is 2. The predicted octanol–water partition coefficient (Wildman–Crippen LogP) is 4.01. The SMILES string of the molecule is CCOC(=O)C1=C(CN2CCN(C(=O)c3ccc(Cl)cc3)[C@@H](C)C2)N(C)C(=O)N[C@H]1c1ccc(C)cc1. The molecule has 2 aliphatic rings. The molecule has 0 radical (unpaired) electrons. The van der Waals surface area contributed by atoms with Crippen LogP contribution in [-0.2, 0) is 9.53 Å². The van der Waals surface area contributed by atoms with E-state index in [4.69, 9.17) is 16.3 Å². The van der Waals surface area contributed by atoms with Crippen LogP contribution in [0.15, 0.2) is 59.8 Å². The van der Waals surface area contributed by atoms with Crippen molar-refractivity contribution in [2.75, 3.05) is 39.8 Å². The van der Waals surface area contributed by atoms with Gasteiger partial charge in [0.1, 0.15) is 0 Å². The van der Waals surface area contributed by atoms with Crippen LogP contribution in [0.1, 0.15) is 41.4 Å². The number of ether oxygens (including phenoxy) is 1. The molecule has 196 valence electrons. The Morgan fingerprint density at radius 3 is 2.38 bits per heavy atom. The van der Waals surface area contributed by atoms with Crippen molar-refractivity contribution in [3.63, 3.8) is 0 Å². The van der Waals surface area contributed by atoms with Crippen molar-refractivity contribution in [1.29, 1.82) is 0 Å². The van der Waals surface area contributed by atoms with Crippen LogP contribution < -0.4 is 5.32 Å². The van der Waals surface area contributed by atoms with Gasteiger partial charge in [-0.3, -0.25) is 14.6 Å². The lowest BCUT2D eigenvalue weighted by Gasteiger charge is -2.42. The molecular formula is C28H33ClN4O4. The second-order valence-electron chi connectivity index (χ2n) is 9.52. The van der Waals surface area contributed by atoms with Crippen LogP contribution in [0.5, 0.6) is 0 Å². The first kappa shape index (κ1) is 26.7. The molecule has 3 amide bonds. The number of urea groups is 1. The van der Waals surface area contributed by atoms with Crippen molar-refractivity contribution in [1.82, 2.24) is 20.0 Å². The van der Waals surface area contributed by atoms with E-state index in [0.717, 1.165) is 11.1 Å². The average Bonchev–Trinajstić information content (AvgIpc) is 2.87. The van der Waals surface area contributed by atoms with E-state index in [1.165, 1.54) is 4.90 Å². The standard InChI is InChI=1S/C28H33ClN4O4/c1-5-37-27(35)24-23(31(4)28(36)30-25(24)20-8-6-18(2)7-9-20)17-32-14-15-33(19(3)16-32)26(34)21-10-12-22(29)13-11-21/h6-13,19,25H,5,14-17H2,1-4H3,(H,30,36)/t19-,25-/m0/s1. The first-order valence-corrected chi connectivity index (χ1v) is 12.9. The Labute approximate surface area is 222 Å². The molecule has 37 heavy (non-hydrogen) atoms. The number of nitrogens with zero attached hydrogens (tertiary/aromatic N) is 3. The van der Waals surface area contributed by atoms with Gasteiger partial charge in [0.15, 0.2) is 0 Å². The van der Waals surface area contributed by atoms with E-state index in [-0.39, 0.29) is 24.6 Å². The number of piperazine rings is 1. The van der Waals surface area contributed by atoms with Crippen molar-refractivity contribution >= 4 is 29.5 Å². The first-order chi connectivity index (χ1) is 17.7. The molecule has 1 fully saturated rings. The smallest absolute Gasteiger partial charge is 0.338 e. The average molecular weight is 525 g/mol. The van der Waals surface area contributed by atoms with E-state index < -0.39 is 12.0 Å². The number of nitrogens with one attached hydrogen (secondary N) is 1. The lowest BCUT2D eigenvalue weighted by molar-refractivity contribution is -0.139.